The van der Waals surface area contributed by atoms with Gasteiger partial charge in [-0.2, -0.15) is 0 Å². The predicted molar refractivity (Wildman–Crippen MR) is 59.0 cm³/mol. The summed E-state index contributed by atoms with van der Waals surface area (Å²) < 4.78 is 0. The van der Waals surface area contributed by atoms with Crippen LogP contribution in [0.2, 0.25) is 0 Å². The summed E-state index contributed by atoms with van der Waals surface area (Å²) in [4.78, 5) is 21.7. The van der Waals surface area contributed by atoms with Crippen LogP contribution in [0.5, 0.6) is 0 Å². The quantitative estimate of drug-likeness (QED) is 0.707. The third-order valence-corrected chi connectivity index (χ3v) is 2.39. The summed E-state index contributed by atoms with van der Waals surface area (Å²) in [5, 5.41) is 11.2. The van der Waals surface area contributed by atoms with Crippen molar-refractivity contribution in [2.75, 3.05) is 0 Å². The van der Waals surface area contributed by atoms with E-state index in [1.165, 1.54) is 0 Å². The van der Waals surface area contributed by atoms with E-state index >= 15 is 0 Å². The van der Waals surface area contributed by atoms with E-state index in [1.54, 1.807) is 6.92 Å². The van der Waals surface area contributed by atoms with Crippen LogP contribution in [0.15, 0.2) is 30.3 Å². The van der Waals surface area contributed by atoms with Gasteiger partial charge in [-0.3, -0.25) is 0 Å². The number of carbonyl (C=O) groups excluding carboxylic acids is 1. The van der Waals surface area contributed by atoms with Gasteiger partial charge in [0.2, 0.25) is 0 Å². The van der Waals surface area contributed by atoms with Crippen LogP contribution < -0.4 is 11.1 Å². The molecule has 2 amide bonds. The average molecular weight is 222 g/mol. The highest BCUT2D eigenvalue weighted by Gasteiger charge is 2.26. The van der Waals surface area contributed by atoms with Crippen molar-refractivity contribution < 1.29 is 14.7 Å². The molecule has 86 valence electrons. The largest absolute Gasteiger partial charge is 0.480 e. The molecule has 0 heterocycles. The lowest BCUT2D eigenvalue weighted by Crippen LogP contribution is -2.46. The first-order chi connectivity index (χ1) is 7.52. The van der Waals surface area contributed by atoms with Gasteiger partial charge in [0, 0.05) is 5.92 Å². The van der Waals surface area contributed by atoms with Crippen LogP contribution in [0.3, 0.4) is 0 Å². The number of carbonyl (C=O) groups is 2. The first-order valence-electron chi connectivity index (χ1n) is 4.86. The van der Waals surface area contributed by atoms with E-state index in [4.69, 9.17) is 10.8 Å². The Morgan fingerprint density at radius 3 is 2.31 bits per heavy atom. The fourth-order valence-electron chi connectivity index (χ4n) is 1.50. The minimum atomic E-state index is -1.10. The number of nitrogens with one attached hydrogen (secondary N) is 1. The van der Waals surface area contributed by atoms with Gasteiger partial charge in [0.1, 0.15) is 6.04 Å². The Hall–Kier alpha value is -2.04. The second-order valence-corrected chi connectivity index (χ2v) is 3.52. The Kier molecular flexibility index (Phi) is 3.88. The molecule has 16 heavy (non-hydrogen) atoms. The van der Waals surface area contributed by atoms with Gasteiger partial charge in [-0.1, -0.05) is 37.3 Å². The monoisotopic (exact) mass is 222 g/mol. The number of rotatable bonds is 4. The Balaban J connectivity index is 2.87. The van der Waals surface area contributed by atoms with E-state index < -0.39 is 18.0 Å². The summed E-state index contributed by atoms with van der Waals surface area (Å²) >= 11 is 0. The minimum Gasteiger partial charge on any atom is -0.480 e. The highest BCUT2D eigenvalue weighted by atomic mass is 16.4. The predicted octanol–water partition coefficient (Wildman–Crippen LogP) is 0.912. The maximum atomic E-state index is 11.0. The molecule has 1 rings (SSSR count). The molecular weight excluding hydrogens is 208 g/mol. The van der Waals surface area contributed by atoms with E-state index in [0.29, 0.717) is 0 Å². The number of benzene rings is 1. The van der Waals surface area contributed by atoms with E-state index in [-0.39, 0.29) is 5.92 Å². The number of nitrogens with two attached hydrogens (primary N) is 1. The number of urea groups is 1. The topological polar surface area (TPSA) is 92.4 Å². The van der Waals surface area contributed by atoms with Gasteiger partial charge in [-0.15, -0.1) is 0 Å². The summed E-state index contributed by atoms with van der Waals surface area (Å²) in [5.74, 6) is -1.44. The van der Waals surface area contributed by atoms with Gasteiger partial charge in [-0.05, 0) is 5.56 Å². The zero-order valence-electron chi connectivity index (χ0n) is 8.88. The number of hydrogen-bond acceptors (Lipinski definition) is 2. The number of carboxylic acids is 1. The molecule has 0 aromatic heterocycles. The van der Waals surface area contributed by atoms with Crippen molar-refractivity contribution in [3.63, 3.8) is 0 Å². The number of carboxylic acid groups (broad SMARTS) is 1. The van der Waals surface area contributed by atoms with Crippen molar-refractivity contribution in [1.82, 2.24) is 5.32 Å². The molecule has 5 heteroatoms. The third-order valence-electron chi connectivity index (χ3n) is 2.39. The number of amides is 2. The van der Waals surface area contributed by atoms with Crippen LogP contribution in [0.4, 0.5) is 4.79 Å². The lowest BCUT2D eigenvalue weighted by atomic mass is 9.93. The summed E-state index contributed by atoms with van der Waals surface area (Å²) in [6.07, 6.45) is 0. The Labute approximate surface area is 93.3 Å². The molecule has 0 saturated heterocycles. The molecule has 0 fully saturated rings. The first-order valence-corrected chi connectivity index (χ1v) is 4.86. The maximum Gasteiger partial charge on any atom is 0.326 e. The Morgan fingerprint density at radius 1 is 1.31 bits per heavy atom. The normalized spacial score (nSPS) is 13.8. The molecule has 2 atom stereocenters. The van der Waals surface area contributed by atoms with Crippen LogP contribution in [-0.4, -0.2) is 23.1 Å². The number of primary amides is 1. The van der Waals surface area contributed by atoms with E-state index in [9.17, 15) is 9.59 Å². The van der Waals surface area contributed by atoms with Crippen LogP contribution in [0, 0.1) is 0 Å². The molecule has 0 aliphatic carbocycles. The van der Waals surface area contributed by atoms with Gasteiger partial charge < -0.3 is 16.2 Å². The van der Waals surface area contributed by atoms with Gasteiger partial charge in [0.25, 0.3) is 0 Å². The molecule has 0 aliphatic rings. The minimum absolute atomic E-state index is 0.341. The molecule has 1 aromatic rings. The van der Waals surface area contributed by atoms with Gasteiger partial charge in [-0.25, -0.2) is 9.59 Å². The first kappa shape index (κ1) is 12.0. The Morgan fingerprint density at radius 2 is 1.88 bits per heavy atom. The van der Waals surface area contributed by atoms with Crippen molar-refractivity contribution in [3.05, 3.63) is 35.9 Å². The molecule has 0 spiro atoms. The van der Waals surface area contributed by atoms with Crippen LogP contribution >= 0.6 is 0 Å². The fraction of sp³-hybridized carbons (Fsp3) is 0.273. The zero-order valence-corrected chi connectivity index (χ0v) is 8.88. The van der Waals surface area contributed by atoms with Crippen molar-refractivity contribution in [2.45, 2.75) is 18.9 Å². The summed E-state index contributed by atoms with van der Waals surface area (Å²) in [5.41, 5.74) is 5.77. The molecule has 5 nitrogen and oxygen atoms in total. The van der Waals surface area contributed by atoms with Gasteiger partial charge in [0.15, 0.2) is 0 Å². The molecule has 0 aliphatic heterocycles. The molecule has 4 N–H and O–H groups in total. The number of hydrogen-bond donors (Lipinski definition) is 3. The van der Waals surface area contributed by atoms with Crippen molar-refractivity contribution in [1.29, 1.82) is 0 Å². The van der Waals surface area contributed by atoms with Gasteiger partial charge >= 0.3 is 12.0 Å². The molecule has 0 unspecified atom stereocenters. The smallest absolute Gasteiger partial charge is 0.326 e. The third kappa shape index (κ3) is 2.98. The zero-order chi connectivity index (χ0) is 12.1. The van der Waals surface area contributed by atoms with E-state index in [1.807, 2.05) is 30.3 Å². The highest BCUT2D eigenvalue weighted by molar-refractivity contribution is 5.82. The van der Waals surface area contributed by atoms with Crippen molar-refractivity contribution in [3.8, 4) is 0 Å². The fourth-order valence-corrected chi connectivity index (χ4v) is 1.50. The SMILES string of the molecule is C[C@@H](c1ccccc1)[C@@H](NC(N)=O)C(=O)O. The summed E-state index contributed by atoms with van der Waals surface area (Å²) in [7, 11) is 0. The van der Waals surface area contributed by atoms with Crippen molar-refractivity contribution >= 4 is 12.0 Å². The lowest BCUT2D eigenvalue weighted by molar-refractivity contribution is -0.139. The van der Waals surface area contributed by atoms with Crippen LogP contribution in [-0.2, 0) is 4.79 Å². The molecule has 0 radical (unpaired) electrons. The molecule has 0 saturated carbocycles. The molecular formula is C11H14N2O3. The standard InChI is InChI=1S/C11H14N2O3/c1-7(8-5-3-2-4-6-8)9(10(14)15)13-11(12)16/h2-7,9H,1H3,(H,14,15)(H3,12,13,16)/t7-,9+/m0/s1. The Bertz CT molecular complexity index is 378. The lowest BCUT2D eigenvalue weighted by Gasteiger charge is -2.20. The molecule has 0 bridgehead atoms. The van der Waals surface area contributed by atoms with E-state index in [2.05, 4.69) is 5.32 Å². The van der Waals surface area contributed by atoms with E-state index in [0.717, 1.165) is 5.56 Å². The van der Waals surface area contributed by atoms with Crippen LogP contribution in [0.1, 0.15) is 18.4 Å². The summed E-state index contributed by atoms with van der Waals surface area (Å²) in [6.45, 7) is 1.73. The van der Waals surface area contributed by atoms with Crippen molar-refractivity contribution in [2.24, 2.45) is 5.73 Å². The van der Waals surface area contributed by atoms with Gasteiger partial charge in [0.05, 0.1) is 0 Å². The van der Waals surface area contributed by atoms with Crippen LogP contribution in [0.25, 0.3) is 0 Å². The second-order valence-electron chi connectivity index (χ2n) is 3.52. The maximum absolute atomic E-state index is 11.0. The number of aliphatic carboxylic acids is 1. The average Bonchev–Trinajstić information content (AvgIpc) is 2.25. The highest BCUT2D eigenvalue weighted by Crippen LogP contribution is 2.18. The summed E-state index contributed by atoms with van der Waals surface area (Å²) in [6, 6.07) is 7.24. The second kappa shape index (κ2) is 5.16. The molecule has 1 aromatic carbocycles.